The molecule has 5 nitrogen and oxygen atoms in total. The molecule has 76 valence electrons. The van der Waals surface area contributed by atoms with E-state index in [-0.39, 0.29) is 12.3 Å². The molecule has 0 bridgehead atoms. The number of carbonyl (C=O) groups is 1. The van der Waals surface area contributed by atoms with Gasteiger partial charge < -0.3 is 10.5 Å². The van der Waals surface area contributed by atoms with Crippen LogP contribution in [0.25, 0.3) is 0 Å². The fourth-order valence-corrected chi connectivity index (χ4v) is 2.72. The molecular formula is C7H13NO4S. The molecule has 1 fully saturated rings. The number of aldehydes is 1. The van der Waals surface area contributed by atoms with Gasteiger partial charge in [-0.3, -0.25) is 4.55 Å². The lowest BCUT2D eigenvalue weighted by molar-refractivity contribution is -0.111. The van der Waals surface area contributed by atoms with Crippen LogP contribution in [-0.2, 0) is 14.9 Å². The maximum Gasteiger partial charge on any atom is 0.269 e. The summed E-state index contributed by atoms with van der Waals surface area (Å²) in [7, 11) is -4.10. The van der Waals surface area contributed by atoms with E-state index in [1.165, 1.54) is 0 Å². The highest BCUT2D eigenvalue weighted by molar-refractivity contribution is 7.86. The molecule has 3 atom stereocenters. The Labute approximate surface area is 77.1 Å². The Bertz CT molecular complexity index is 287. The lowest BCUT2D eigenvalue weighted by Crippen LogP contribution is -2.45. The summed E-state index contributed by atoms with van der Waals surface area (Å²) in [6.45, 7) is 0. The van der Waals surface area contributed by atoms with Crippen LogP contribution in [0.5, 0.6) is 0 Å². The molecule has 6 heteroatoms. The Morgan fingerprint density at radius 2 is 2.00 bits per heavy atom. The molecule has 3 unspecified atom stereocenters. The van der Waals surface area contributed by atoms with Crippen LogP contribution in [0.4, 0.5) is 0 Å². The van der Waals surface area contributed by atoms with Crippen molar-refractivity contribution in [1.29, 1.82) is 0 Å². The molecule has 1 aliphatic carbocycles. The van der Waals surface area contributed by atoms with E-state index in [1.807, 2.05) is 0 Å². The van der Waals surface area contributed by atoms with Crippen LogP contribution in [0, 0.1) is 5.92 Å². The Hall–Kier alpha value is -0.460. The van der Waals surface area contributed by atoms with Gasteiger partial charge in [0.2, 0.25) is 0 Å². The zero-order valence-corrected chi connectivity index (χ0v) is 7.90. The van der Waals surface area contributed by atoms with Gasteiger partial charge in [-0.25, -0.2) is 0 Å². The molecule has 1 saturated carbocycles. The van der Waals surface area contributed by atoms with Crippen LogP contribution in [0.1, 0.15) is 19.3 Å². The third-order valence-electron chi connectivity index (χ3n) is 2.46. The molecule has 0 radical (unpaired) electrons. The van der Waals surface area contributed by atoms with E-state index in [1.54, 1.807) is 0 Å². The first-order chi connectivity index (χ1) is 5.95. The third-order valence-corrected chi connectivity index (χ3v) is 3.77. The summed E-state index contributed by atoms with van der Waals surface area (Å²) in [5, 5.41) is -0.976. The Morgan fingerprint density at radius 3 is 2.46 bits per heavy atom. The lowest BCUT2D eigenvalue weighted by atomic mass is 9.87. The van der Waals surface area contributed by atoms with E-state index in [0.29, 0.717) is 12.8 Å². The molecule has 0 heterocycles. The molecule has 13 heavy (non-hydrogen) atoms. The predicted octanol–water partition coefficient (Wildman–Crippen LogP) is -0.431. The second-order valence-corrected chi connectivity index (χ2v) is 5.06. The van der Waals surface area contributed by atoms with Crippen molar-refractivity contribution in [3.63, 3.8) is 0 Å². The maximum absolute atomic E-state index is 10.8. The number of hydrogen-bond acceptors (Lipinski definition) is 4. The minimum Gasteiger partial charge on any atom is -0.326 e. The maximum atomic E-state index is 10.8. The highest BCUT2D eigenvalue weighted by Crippen LogP contribution is 2.26. The van der Waals surface area contributed by atoms with Gasteiger partial charge in [-0.05, 0) is 19.3 Å². The van der Waals surface area contributed by atoms with E-state index in [9.17, 15) is 13.2 Å². The number of rotatable bonds is 2. The van der Waals surface area contributed by atoms with E-state index in [4.69, 9.17) is 10.3 Å². The number of nitrogens with two attached hydrogens (primary N) is 1. The van der Waals surface area contributed by atoms with Gasteiger partial charge in [0.25, 0.3) is 10.1 Å². The summed E-state index contributed by atoms with van der Waals surface area (Å²) in [5.41, 5.74) is 5.53. The van der Waals surface area contributed by atoms with Crippen molar-refractivity contribution in [2.75, 3.05) is 0 Å². The second kappa shape index (κ2) is 3.73. The van der Waals surface area contributed by atoms with Gasteiger partial charge in [0.1, 0.15) is 11.5 Å². The van der Waals surface area contributed by atoms with Crippen LogP contribution in [0.15, 0.2) is 0 Å². The Kier molecular flexibility index (Phi) is 3.05. The van der Waals surface area contributed by atoms with Crippen molar-refractivity contribution in [2.45, 2.75) is 30.6 Å². The molecule has 0 aromatic heterocycles. The van der Waals surface area contributed by atoms with Crippen LogP contribution in [0.3, 0.4) is 0 Å². The molecule has 0 aromatic rings. The molecule has 1 rings (SSSR count). The molecule has 0 spiro atoms. The van der Waals surface area contributed by atoms with Crippen LogP contribution < -0.4 is 5.73 Å². The summed E-state index contributed by atoms with van der Waals surface area (Å²) in [6, 6.07) is -0.550. The van der Waals surface area contributed by atoms with Gasteiger partial charge in [0.15, 0.2) is 0 Å². The number of hydrogen-bond donors (Lipinski definition) is 2. The summed E-state index contributed by atoms with van der Waals surface area (Å²) in [5.74, 6) is -0.285. The highest BCUT2D eigenvalue weighted by atomic mass is 32.2. The van der Waals surface area contributed by atoms with Gasteiger partial charge in [0.05, 0.1) is 0 Å². The molecule has 0 aliphatic heterocycles. The monoisotopic (exact) mass is 207 g/mol. The standard InChI is InChI=1S/C7H13NO4S/c8-6-2-1-5(4-9)3-7(6)13(10,11)12/h4-7H,1-3,8H2,(H,10,11,12). The minimum atomic E-state index is -4.10. The smallest absolute Gasteiger partial charge is 0.269 e. The predicted molar refractivity (Wildman–Crippen MR) is 46.7 cm³/mol. The van der Waals surface area contributed by atoms with Gasteiger partial charge in [-0.1, -0.05) is 0 Å². The molecule has 3 N–H and O–H groups in total. The molecule has 0 amide bonds. The van der Waals surface area contributed by atoms with Gasteiger partial charge in [-0.2, -0.15) is 8.42 Å². The zero-order chi connectivity index (χ0) is 10.1. The summed E-state index contributed by atoms with van der Waals surface area (Å²) in [6.07, 6.45) is 1.94. The van der Waals surface area contributed by atoms with E-state index < -0.39 is 21.4 Å². The summed E-state index contributed by atoms with van der Waals surface area (Å²) < 4.78 is 30.4. The van der Waals surface area contributed by atoms with Crippen molar-refractivity contribution < 1.29 is 17.8 Å². The minimum absolute atomic E-state index is 0.142. The fraction of sp³-hybridized carbons (Fsp3) is 0.857. The first kappa shape index (κ1) is 10.6. The van der Waals surface area contributed by atoms with Gasteiger partial charge in [-0.15, -0.1) is 0 Å². The zero-order valence-electron chi connectivity index (χ0n) is 7.09. The molecular weight excluding hydrogens is 194 g/mol. The molecule has 1 aliphatic rings. The van der Waals surface area contributed by atoms with Gasteiger partial charge in [0, 0.05) is 12.0 Å². The van der Waals surface area contributed by atoms with Gasteiger partial charge >= 0.3 is 0 Å². The first-order valence-corrected chi connectivity index (χ1v) is 5.62. The van der Waals surface area contributed by atoms with Crippen molar-refractivity contribution in [1.82, 2.24) is 0 Å². The fourth-order valence-electron chi connectivity index (χ4n) is 1.65. The van der Waals surface area contributed by atoms with Crippen LogP contribution in [0.2, 0.25) is 0 Å². The average Bonchev–Trinajstić information content (AvgIpc) is 2.03. The average molecular weight is 207 g/mol. The summed E-state index contributed by atoms with van der Waals surface area (Å²) in [4.78, 5) is 10.4. The largest absolute Gasteiger partial charge is 0.326 e. The topological polar surface area (TPSA) is 97.5 Å². The molecule has 0 saturated heterocycles. The quantitative estimate of drug-likeness (QED) is 0.473. The lowest BCUT2D eigenvalue weighted by Gasteiger charge is -2.29. The third kappa shape index (κ3) is 2.49. The van der Waals surface area contributed by atoms with Crippen molar-refractivity contribution in [2.24, 2.45) is 11.7 Å². The van der Waals surface area contributed by atoms with Crippen molar-refractivity contribution in [3.05, 3.63) is 0 Å². The molecule has 0 aromatic carbocycles. The summed E-state index contributed by atoms with van der Waals surface area (Å²) >= 11 is 0. The van der Waals surface area contributed by atoms with Crippen LogP contribution >= 0.6 is 0 Å². The normalized spacial score (nSPS) is 35.7. The highest BCUT2D eigenvalue weighted by Gasteiger charge is 2.36. The number of carbonyl (C=O) groups excluding carboxylic acids is 1. The van der Waals surface area contributed by atoms with Crippen molar-refractivity contribution >= 4 is 16.4 Å². The van der Waals surface area contributed by atoms with Crippen molar-refractivity contribution in [3.8, 4) is 0 Å². The van der Waals surface area contributed by atoms with E-state index in [0.717, 1.165) is 6.29 Å². The first-order valence-electron chi connectivity index (χ1n) is 4.12. The van der Waals surface area contributed by atoms with E-state index >= 15 is 0 Å². The Balaban J connectivity index is 2.77. The van der Waals surface area contributed by atoms with E-state index in [2.05, 4.69) is 0 Å². The SMILES string of the molecule is NC1CCC(C=O)CC1S(=O)(=O)O. The Morgan fingerprint density at radius 1 is 1.38 bits per heavy atom. The second-order valence-electron chi connectivity index (χ2n) is 3.43. The van der Waals surface area contributed by atoms with Crippen LogP contribution in [-0.4, -0.2) is 30.5 Å².